The summed E-state index contributed by atoms with van der Waals surface area (Å²) in [6.45, 7) is 58.5. The molecule has 716 valence electrons. The maximum absolute atomic E-state index is 18.9. The van der Waals surface area contributed by atoms with E-state index in [1.165, 1.54) is 0 Å². The van der Waals surface area contributed by atoms with Gasteiger partial charge in [-0.05, 0) is 272 Å². The first-order valence-electron chi connectivity index (χ1n) is 49.0. The van der Waals surface area contributed by atoms with Crippen molar-refractivity contribution in [3.8, 4) is 50.6 Å². The topological polar surface area (TPSA) is 256 Å². The molecule has 3 fully saturated rings. The number of phosphoric ester groups is 1. The minimum absolute atomic E-state index is 0.0658. The van der Waals surface area contributed by atoms with Crippen LogP contribution in [-0.4, -0.2) is 176 Å². The molecular weight excluding hydrogens is 1690 g/mol. The fraction of sp³-hybridized carbons (Fsp3) is 0.514. The molecule has 22 nitrogen and oxygen atoms in total. The lowest BCUT2D eigenvalue weighted by molar-refractivity contribution is -0.212. The van der Waals surface area contributed by atoms with Gasteiger partial charge in [0.25, 0.3) is 17.7 Å². The van der Waals surface area contributed by atoms with Gasteiger partial charge in [-0.15, -0.1) is 0 Å². The van der Waals surface area contributed by atoms with Crippen molar-refractivity contribution >= 4 is 91.4 Å². The summed E-state index contributed by atoms with van der Waals surface area (Å²) < 4.78 is 64.7. The number of benzene rings is 6. The Balaban J connectivity index is 0.747. The molecule has 3 aliphatic carbocycles. The summed E-state index contributed by atoms with van der Waals surface area (Å²) in [7, 11) is -5.05. The molecule has 3 saturated carbocycles. The van der Waals surface area contributed by atoms with Crippen molar-refractivity contribution in [3.63, 3.8) is 0 Å². The number of hydrogen-bond donors (Lipinski definition) is 6. The number of aromatic nitrogens is 6. The molecule has 3 aliphatic rings. The van der Waals surface area contributed by atoms with Crippen LogP contribution < -0.4 is 30.2 Å². The second-order valence-electron chi connectivity index (χ2n) is 44.6. The van der Waals surface area contributed by atoms with Crippen LogP contribution in [0.2, 0.25) is 0 Å². The molecule has 6 aromatic heterocycles. The largest absolute Gasteiger partial charge is 0.491 e. The van der Waals surface area contributed by atoms with Crippen LogP contribution in [-0.2, 0) is 18.1 Å². The Morgan fingerprint density at radius 1 is 0.373 bits per heavy atom. The van der Waals surface area contributed by atoms with Gasteiger partial charge in [-0.1, -0.05) is 182 Å². The highest BCUT2D eigenvalue weighted by Gasteiger charge is 2.66. The van der Waals surface area contributed by atoms with Crippen LogP contribution in [0.15, 0.2) is 146 Å². The molecule has 0 radical (unpaired) electrons. The van der Waals surface area contributed by atoms with E-state index in [2.05, 4.69) is 266 Å². The summed E-state index contributed by atoms with van der Waals surface area (Å²) in [6.07, 6.45) is 13.6. The number of hydrogen-bond acceptors (Lipinski definition) is 16. The van der Waals surface area contributed by atoms with Crippen molar-refractivity contribution in [2.24, 2.45) is 32.5 Å². The van der Waals surface area contributed by atoms with Gasteiger partial charge in [0.15, 0.2) is 0 Å². The zero-order valence-corrected chi connectivity index (χ0v) is 85.0. The van der Waals surface area contributed by atoms with Gasteiger partial charge in [0.1, 0.15) is 51.0 Å². The number of carbonyl (C=O) groups is 3. The smallest absolute Gasteiger partial charge is 0.476 e. The lowest BCUT2D eigenvalue weighted by Crippen LogP contribution is -2.65. The number of aryl methyl sites for hydroxylation is 3. The summed E-state index contributed by atoms with van der Waals surface area (Å²) >= 11 is 0. The number of phosphoric acid groups is 1. The predicted octanol–water partition coefficient (Wildman–Crippen LogP) is 24.7. The van der Waals surface area contributed by atoms with Gasteiger partial charge in [0.2, 0.25) is 0 Å². The van der Waals surface area contributed by atoms with Gasteiger partial charge in [-0.2, -0.15) is 0 Å². The highest BCUT2D eigenvalue weighted by molar-refractivity contribution is 7.48. The number of aromatic amines is 3. The first-order valence-corrected chi connectivity index (χ1v) is 50.5. The number of H-pyrrole nitrogens is 3. The summed E-state index contributed by atoms with van der Waals surface area (Å²) in [5.74, 6) is 1.90. The summed E-state index contributed by atoms with van der Waals surface area (Å²) in [5.41, 5.74) is 7.13. The third-order valence-corrected chi connectivity index (χ3v) is 30.1. The Bertz CT molecular complexity index is 5700. The summed E-state index contributed by atoms with van der Waals surface area (Å²) in [5, 5.41) is 15.4. The van der Waals surface area contributed by atoms with E-state index >= 15 is 4.57 Å². The average molecular weight is 1840 g/mol. The van der Waals surface area contributed by atoms with E-state index in [1.54, 1.807) is 0 Å². The van der Waals surface area contributed by atoms with E-state index in [9.17, 15) is 14.4 Å². The van der Waals surface area contributed by atoms with E-state index in [1.807, 2.05) is 91.4 Å². The molecular formula is C111H147N12O10P. The third-order valence-electron chi connectivity index (χ3n) is 28.5. The molecule has 12 aromatic rings. The standard InChI is InChI=1S/C111H147N12O10P/c1-25-121(52-31-55-128-88-49-46-82(91-85-58-70(4)64-112-97(85)118-94(88)91)73-34-28-37-76(61-73)100(124)115-79-40-41-79)67-109(103(7,8)9,104(10,11)12)131-134(127,132-110(105(13,14)15,106(16,17)18)68-122(26-2)53-32-56-129-89-50-47-83(92-86-59-71(5)65-113-98(86)119-95(89)92)74-35-29-38-77(62-74)101(125)116-80-42-43-80)133-111(107(19,20)21,108(22,23)24)69-123(27-3)54-33-57-130-90-51-48-84(93-87-60-72(6)66-114-99(87)120-96(90)93)75-36-30-39-78(63-75)102(126)117-81-44-45-81/h28-30,34-39,46-51,58-66,79-81H,25-27,31-33,40-45,52-57,67-69H2,1-24H3,(H,112,118)(H,113,119)(H,114,120)(H,115,124)(H,116,125)(H,117,126). The number of pyridine rings is 3. The summed E-state index contributed by atoms with van der Waals surface area (Å²) in [4.78, 5) is 73.3. The van der Waals surface area contributed by atoms with Crippen LogP contribution in [0.5, 0.6) is 17.2 Å². The highest BCUT2D eigenvalue weighted by atomic mass is 31.2. The number of amides is 3. The zero-order valence-electron chi connectivity index (χ0n) is 84.2. The molecule has 15 rings (SSSR count). The normalized spacial score (nSPS) is 14.9. The van der Waals surface area contributed by atoms with E-state index in [0.717, 1.165) is 154 Å². The number of ether oxygens (including phenoxy) is 3. The number of likely N-dealkylation sites (N-methyl/N-ethyl adjacent to an activating group) is 3. The molecule has 23 heteroatoms. The van der Waals surface area contributed by atoms with Gasteiger partial charge in [-0.25, -0.2) is 19.5 Å². The lowest BCUT2D eigenvalue weighted by Gasteiger charge is -2.60. The van der Waals surface area contributed by atoms with Gasteiger partial charge < -0.3 is 59.8 Å². The molecule has 6 aromatic carbocycles. The number of fused-ring (bicyclic) bond motifs is 9. The van der Waals surface area contributed by atoms with Crippen molar-refractivity contribution in [3.05, 3.63) is 179 Å². The maximum Gasteiger partial charge on any atom is 0.476 e. The first kappa shape index (κ1) is 98.5. The Hall–Kier alpha value is -10.0. The Kier molecular flexibility index (Phi) is 28.3. The Morgan fingerprint density at radius 3 is 0.858 bits per heavy atom. The van der Waals surface area contributed by atoms with Crippen LogP contribution in [0.1, 0.15) is 251 Å². The van der Waals surface area contributed by atoms with Crippen molar-refractivity contribution in [2.45, 2.75) is 259 Å². The second-order valence-corrected chi connectivity index (χ2v) is 46.0. The van der Waals surface area contributed by atoms with Crippen molar-refractivity contribution < 1.29 is 46.7 Å². The van der Waals surface area contributed by atoms with Gasteiger partial charge >= 0.3 is 7.82 Å². The molecule has 0 aliphatic heterocycles. The monoisotopic (exact) mass is 1840 g/mol. The fourth-order valence-electron chi connectivity index (χ4n) is 20.7. The molecule has 0 unspecified atom stereocenters. The van der Waals surface area contributed by atoms with Crippen LogP contribution in [0, 0.1) is 53.3 Å². The number of rotatable bonds is 39. The number of carbonyl (C=O) groups excluding carboxylic acids is 3. The number of nitrogens with zero attached hydrogens (tertiary/aromatic N) is 6. The molecule has 0 spiro atoms. The summed E-state index contributed by atoms with van der Waals surface area (Å²) in [6, 6.07) is 43.2. The maximum atomic E-state index is 18.9. The van der Waals surface area contributed by atoms with Crippen molar-refractivity contribution in [2.75, 3.05) is 78.7 Å². The van der Waals surface area contributed by atoms with Gasteiger partial charge in [0.05, 0.1) is 36.4 Å². The van der Waals surface area contributed by atoms with Gasteiger partial charge in [0, 0.05) is 125 Å². The average Bonchev–Trinajstić information content (AvgIpc) is 1.55. The molecule has 0 bridgehead atoms. The predicted molar refractivity (Wildman–Crippen MR) is 545 cm³/mol. The van der Waals surface area contributed by atoms with Crippen LogP contribution in [0.4, 0.5) is 0 Å². The minimum atomic E-state index is -5.05. The second kappa shape index (κ2) is 38.5. The molecule has 3 amide bonds. The fourth-order valence-corrected chi connectivity index (χ4v) is 23.8. The van der Waals surface area contributed by atoms with E-state index in [0.29, 0.717) is 132 Å². The Labute approximate surface area is 794 Å². The number of nitrogens with one attached hydrogen (secondary N) is 6. The molecule has 6 heterocycles. The highest BCUT2D eigenvalue weighted by Crippen LogP contribution is 2.70. The van der Waals surface area contributed by atoms with Gasteiger partial charge in [-0.3, -0.25) is 28.0 Å². The van der Waals surface area contributed by atoms with Crippen molar-refractivity contribution in [1.29, 1.82) is 0 Å². The van der Waals surface area contributed by atoms with Crippen molar-refractivity contribution in [1.82, 2.24) is 60.6 Å². The molecule has 0 saturated heterocycles. The lowest BCUT2D eigenvalue weighted by atomic mass is 9.62. The SMILES string of the molecule is CCN(CCCOc1ccc(-c2cccc(C(=O)NC3CC3)c2)c2c1[nH]c1ncc(C)cc12)CC(OP(=O)(OC(CN(CC)CCCOc1ccc(-c2cccc(C(=O)NC3CC3)c2)c2c1[nH]c1ncc(C)cc12)(C(C)(C)C)C(C)(C)C)OC(CN(CC)CCCOc1ccc(-c2cccc(C(=O)NC3CC3)c2)c2c1[nH]c1ncc(C)cc12)(C(C)(C)C)C(C)(C)C)(C(C)(C)C)C(C)(C)C. The van der Waals surface area contributed by atoms with E-state index in [-0.39, 0.29) is 35.8 Å². The molecule has 6 N–H and O–H groups in total. The van der Waals surface area contributed by atoms with Crippen LogP contribution >= 0.6 is 7.82 Å². The Morgan fingerprint density at radius 2 is 0.627 bits per heavy atom. The molecule has 134 heavy (non-hydrogen) atoms. The third kappa shape index (κ3) is 20.8. The van der Waals surface area contributed by atoms with E-state index in [4.69, 9.17) is 42.7 Å². The van der Waals surface area contributed by atoms with Crippen LogP contribution in [0.25, 0.3) is 99.2 Å². The molecule has 0 atom stereocenters. The minimum Gasteiger partial charge on any atom is -0.491 e. The quantitative estimate of drug-likeness (QED) is 0.0155. The van der Waals surface area contributed by atoms with Crippen LogP contribution in [0.3, 0.4) is 0 Å². The zero-order chi connectivity index (χ0) is 96.2. The van der Waals surface area contributed by atoms with E-state index < -0.39 is 57.1 Å². The first-order chi connectivity index (χ1) is 63.3.